The van der Waals surface area contributed by atoms with Crippen LogP contribution in [0.5, 0.6) is 0 Å². The Morgan fingerprint density at radius 1 is 1.08 bits per heavy atom. The highest BCUT2D eigenvalue weighted by Gasteiger charge is 2.67. The second kappa shape index (κ2) is 5.55. The molecule has 0 radical (unpaired) electrons. The highest BCUT2D eigenvalue weighted by Crippen LogP contribution is 2.73. The summed E-state index contributed by atoms with van der Waals surface area (Å²) in [5, 5.41) is 9.58. The van der Waals surface area contributed by atoms with Crippen molar-refractivity contribution in [2.75, 3.05) is 26.2 Å². The fourth-order valence-electron chi connectivity index (χ4n) is 9.24. The Kier molecular flexibility index (Phi) is 3.71. The van der Waals surface area contributed by atoms with Crippen LogP contribution in [0.4, 0.5) is 0 Å². The molecule has 4 saturated carbocycles. The van der Waals surface area contributed by atoms with Gasteiger partial charge in [-0.3, -0.25) is 4.90 Å². The maximum absolute atomic E-state index is 11.7. The first kappa shape index (κ1) is 16.7. The number of likely N-dealkylation sites (tertiary alicyclic amines) is 1. The van der Waals surface area contributed by atoms with Crippen LogP contribution < -0.4 is 0 Å². The molecule has 0 aromatic carbocycles. The number of β-amino-alcohol motifs (C(OH)–C–C–N with tert-alkyl or cyclic N) is 1. The van der Waals surface area contributed by atoms with Gasteiger partial charge in [0.05, 0.1) is 6.61 Å². The number of aliphatic hydroxyl groups excluding tert-OH is 1. The molecule has 3 heteroatoms. The largest absolute Gasteiger partial charge is 0.395 e. The zero-order valence-corrected chi connectivity index (χ0v) is 15.9. The molecule has 4 aliphatic carbocycles. The smallest absolute Gasteiger partial charge is 0.123 e. The van der Waals surface area contributed by atoms with Gasteiger partial charge in [-0.05, 0) is 85.4 Å². The molecule has 1 N–H and O–H groups in total. The van der Waals surface area contributed by atoms with Crippen molar-refractivity contribution in [3.8, 4) is 0 Å². The lowest BCUT2D eigenvalue weighted by atomic mass is 9.39. The van der Waals surface area contributed by atoms with Crippen molar-refractivity contribution < 1.29 is 9.90 Å². The first-order chi connectivity index (χ1) is 12.1. The molecule has 0 aromatic heterocycles. The average molecular weight is 346 g/mol. The van der Waals surface area contributed by atoms with Crippen LogP contribution in [0.2, 0.25) is 0 Å². The summed E-state index contributed by atoms with van der Waals surface area (Å²) in [6, 6.07) is 0. The van der Waals surface area contributed by atoms with E-state index in [0.717, 1.165) is 18.4 Å². The Labute approximate surface area is 152 Å². The number of nitrogens with zero attached hydrogens (tertiary/aromatic N) is 1. The van der Waals surface area contributed by atoms with Gasteiger partial charge in [-0.15, -0.1) is 0 Å². The van der Waals surface area contributed by atoms with Crippen molar-refractivity contribution in [3.05, 3.63) is 0 Å². The summed E-state index contributed by atoms with van der Waals surface area (Å²) in [4.78, 5) is 14.3. The van der Waals surface area contributed by atoms with E-state index in [0.29, 0.717) is 34.7 Å². The summed E-state index contributed by atoms with van der Waals surface area (Å²) >= 11 is 0. The van der Waals surface area contributed by atoms with Crippen molar-refractivity contribution in [1.82, 2.24) is 4.90 Å². The fraction of sp³-hybridized carbons (Fsp3) is 0.955. The molecule has 0 unspecified atom stereocenters. The van der Waals surface area contributed by atoms with Gasteiger partial charge >= 0.3 is 0 Å². The van der Waals surface area contributed by atoms with Gasteiger partial charge in [0.25, 0.3) is 0 Å². The van der Waals surface area contributed by atoms with Gasteiger partial charge < -0.3 is 9.90 Å². The summed E-state index contributed by atoms with van der Waals surface area (Å²) in [5.41, 5.74) is 1.40. The number of hydrogen-bond acceptors (Lipinski definition) is 3. The first-order valence-electron chi connectivity index (χ1n) is 10.8. The Balaban J connectivity index is 1.55. The zero-order chi connectivity index (χ0) is 17.3. The Morgan fingerprint density at radius 3 is 2.76 bits per heavy atom. The van der Waals surface area contributed by atoms with Gasteiger partial charge in [0, 0.05) is 25.6 Å². The molecular weight excluding hydrogens is 310 g/mol. The Bertz CT molecular complexity index is 564. The summed E-state index contributed by atoms with van der Waals surface area (Å²) in [6.07, 6.45) is 13.5. The molecule has 1 saturated heterocycles. The van der Waals surface area contributed by atoms with Crippen molar-refractivity contribution in [3.63, 3.8) is 0 Å². The first-order valence-corrected chi connectivity index (χ1v) is 10.8. The van der Waals surface area contributed by atoms with Crippen LogP contribution in [0.3, 0.4) is 0 Å². The van der Waals surface area contributed by atoms with Crippen molar-refractivity contribution in [2.45, 2.75) is 64.7 Å². The molecule has 5 rings (SSSR count). The van der Waals surface area contributed by atoms with Crippen molar-refractivity contribution >= 4 is 6.29 Å². The molecule has 5 fully saturated rings. The van der Waals surface area contributed by atoms with E-state index in [1.54, 1.807) is 0 Å². The van der Waals surface area contributed by atoms with Crippen LogP contribution in [-0.2, 0) is 4.79 Å². The quantitative estimate of drug-likeness (QED) is 0.796. The van der Waals surface area contributed by atoms with Crippen LogP contribution in [-0.4, -0.2) is 42.5 Å². The van der Waals surface area contributed by atoms with Gasteiger partial charge in [0.1, 0.15) is 6.29 Å². The molecule has 0 aromatic rings. The minimum Gasteiger partial charge on any atom is -0.395 e. The number of piperidine rings is 1. The third kappa shape index (κ3) is 2.15. The molecule has 1 aliphatic heterocycles. The second-order valence-corrected chi connectivity index (χ2v) is 10.7. The molecule has 3 nitrogen and oxygen atoms in total. The van der Waals surface area contributed by atoms with E-state index in [-0.39, 0.29) is 0 Å². The van der Waals surface area contributed by atoms with Crippen LogP contribution >= 0.6 is 0 Å². The topological polar surface area (TPSA) is 40.5 Å². The number of hydrogen-bond donors (Lipinski definition) is 1. The predicted octanol–water partition coefficient (Wildman–Crippen LogP) is 3.50. The molecule has 1 spiro atoms. The normalized spacial score (nSPS) is 54.6. The van der Waals surface area contributed by atoms with Gasteiger partial charge in [-0.1, -0.05) is 13.3 Å². The highest BCUT2D eigenvalue weighted by molar-refractivity contribution is 5.55. The lowest BCUT2D eigenvalue weighted by Gasteiger charge is -2.69. The lowest BCUT2D eigenvalue weighted by Crippen LogP contribution is -2.67. The molecule has 4 bridgehead atoms. The molecule has 7 atom stereocenters. The molecule has 5 aliphatic rings. The van der Waals surface area contributed by atoms with Crippen LogP contribution in [0.15, 0.2) is 0 Å². The maximum Gasteiger partial charge on any atom is 0.123 e. The summed E-state index contributed by atoms with van der Waals surface area (Å²) in [5.74, 6) is 2.76. The minimum atomic E-state index is 0.294. The van der Waals surface area contributed by atoms with Gasteiger partial charge in [-0.2, -0.15) is 0 Å². The molecule has 1 heterocycles. The van der Waals surface area contributed by atoms with E-state index in [2.05, 4.69) is 11.8 Å². The Morgan fingerprint density at radius 2 is 1.96 bits per heavy atom. The zero-order valence-electron chi connectivity index (χ0n) is 15.9. The standard InChI is InChI=1S/C22H35NO2/c1-20-6-2-7-22(15-23(14-20)9-10-24)18(20)5-8-21-11-16(3-4-19(21)22)17(12-21)13-25/h13,16-19,24H,2-12,14-15H2,1H3/t16-,17+,18-,19-,20+,21+,22+/m1/s1. The monoisotopic (exact) mass is 345 g/mol. The second-order valence-electron chi connectivity index (χ2n) is 10.7. The fourth-order valence-corrected chi connectivity index (χ4v) is 9.24. The van der Waals surface area contributed by atoms with E-state index in [4.69, 9.17) is 0 Å². The molecular formula is C22H35NO2. The molecule has 0 amide bonds. The number of fused-ring (bicyclic) bond motifs is 1. The van der Waals surface area contributed by atoms with Crippen molar-refractivity contribution in [1.29, 1.82) is 0 Å². The number of rotatable bonds is 3. The Hall–Kier alpha value is -0.410. The number of aliphatic hydroxyl groups is 1. The molecule has 25 heavy (non-hydrogen) atoms. The summed E-state index contributed by atoms with van der Waals surface area (Å²) in [6.45, 7) is 6.11. The van der Waals surface area contributed by atoms with Gasteiger partial charge in [-0.25, -0.2) is 0 Å². The maximum atomic E-state index is 11.7. The molecule has 140 valence electrons. The lowest BCUT2D eigenvalue weighted by molar-refractivity contribution is -0.204. The minimum absolute atomic E-state index is 0.294. The average Bonchev–Trinajstić information content (AvgIpc) is 2.84. The van der Waals surface area contributed by atoms with E-state index in [1.165, 1.54) is 77.2 Å². The van der Waals surface area contributed by atoms with Crippen LogP contribution in [0, 0.1) is 39.9 Å². The highest BCUT2D eigenvalue weighted by atomic mass is 16.3. The summed E-state index contributed by atoms with van der Waals surface area (Å²) < 4.78 is 0. The van der Waals surface area contributed by atoms with E-state index < -0.39 is 0 Å². The van der Waals surface area contributed by atoms with Crippen LogP contribution in [0.25, 0.3) is 0 Å². The third-order valence-corrected chi connectivity index (χ3v) is 9.73. The van der Waals surface area contributed by atoms with E-state index in [1.807, 2.05) is 0 Å². The van der Waals surface area contributed by atoms with Gasteiger partial charge in [0.15, 0.2) is 0 Å². The van der Waals surface area contributed by atoms with E-state index >= 15 is 0 Å². The summed E-state index contributed by atoms with van der Waals surface area (Å²) in [7, 11) is 0. The van der Waals surface area contributed by atoms with E-state index in [9.17, 15) is 9.90 Å². The number of carbonyl (C=O) groups excluding carboxylic acids is 1. The van der Waals surface area contributed by atoms with Gasteiger partial charge in [0.2, 0.25) is 0 Å². The van der Waals surface area contributed by atoms with Crippen LogP contribution in [0.1, 0.15) is 64.7 Å². The predicted molar refractivity (Wildman–Crippen MR) is 98.1 cm³/mol. The number of carbonyl (C=O) groups is 1. The third-order valence-electron chi connectivity index (χ3n) is 9.73. The SMILES string of the molecule is C[C@]12CCC[C@]3(CN(CCO)C1)[C@@H]2CC[C@@]12C[C@@H](CC[C@H]13)[C@H](C=O)C2. The van der Waals surface area contributed by atoms with Crippen molar-refractivity contribution in [2.24, 2.45) is 39.9 Å². The number of aldehydes is 1.